The molecular formula is C9H15N3O3. The first-order valence-corrected chi connectivity index (χ1v) is 4.54. The summed E-state index contributed by atoms with van der Waals surface area (Å²) < 4.78 is 1.42. The molecule has 6 heteroatoms. The van der Waals surface area contributed by atoms with Crippen LogP contribution in [0, 0.1) is 0 Å². The van der Waals surface area contributed by atoms with E-state index >= 15 is 0 Å². The summed E-state index contributed by atoms with van der Waals surface area (Å²) in [7, 11) is 1.64. The third-order valence-electron chi connectivity index (χ3n) is 2.17. The molecule has 0 saturated carbocycles. The van der Waals surface area contributed by atoms with Crippen molar-refractivity contribution in [2.75, 3.05) is 13.2 Å². The number of hydrogen-bond donors (Lipinski definition) is 3. The predicted molar refractivity (Wildman–Crippen MR) is 53.3 cm³/mol. The van der Waals surface area contributed by atoms with Gasteiger partial charge in [-0.1, -0.05) is 0 Å². The lowest BCUT2D eigenvalue weighted by Gasteiger charge is -2.25. The standard InChI is InChI=1S/C9H15N3O3/c1-9(5-13,6-14)11-8(15)7-3-4-10-12(7)2/h3-4,13-14H,5-6H2,1-2H3,(H,11,15). The van der Waals surface area contributed by atoms with E-state index in [2.05, 4.69) is 10.4 Å². The SMILES string of the molecule is Cn1nccc1C(=O)NC(C)(CO)CO. The molecule has 1 aromatic rings. The molecule has 0 aliphatic carbocycles. The molecule has 0 fully saturated rings. The first kappa shape index (κ1) is 11.7. The minimum Gasteiger partial charge on any atom is -0.394 e. The van der Waals surface area contributed by atoms with Crippen molar-refractivity contribution < 1.29 is 15.0 Å². The molecule has 1 heterocycles. The van der Waals surface area contributed by atoms with E-state index in [0.717, 1.165) is 0 Å². The van der Waals surface area contributed by atoms with Crippen LogP contribution in [0.2, 0.25) is 0 Å². The van der Waals surface area contributed by atoms with Crippen LogP contribution in [0.1, 0.15) is 17.4 Å². The van der Waals surface area contributed by atoms with Gasteiger partial charge in [0.05, 0.1) is 18.8 Å². The Kier molecular flexibility index (Phi) is 3.43. The van der Waals surface area contributed by atoms with Gasteiger partial charge in [0.25, 0.3) is 5.91 Å². The number of aromatic nitrogens is 2. The first-order chi connectivity index (χ1) is 7.02. The number of aliphatic hydroxyl groups is 2. The van der Waals surface area contributed by atoms with E-state index in [9.17, 15) is 4.79 Å². The predicted octanol–water partition coefficient (Wildman–Crippen LogP) is -1.11. The maximum absolute atomic E-state index is 11.7. The Labute approximate surface area is 87.5 Å². The Morgan fingerprint density at radius 1 is 1.60 bits per heavy atom. The number of carbonyl (C=O) groups is 1. The second kappa shape index (κ2) is 4.41. The van der Waals surface area contributed by atoms with Crippen LogP contribution in [0.3, 0.4) is 0 Å². The van der Waals surface area contributed by atoms with Gasteiger partial charge in [0.2, 0.25) is 0 Å². The Hall–Kier alpha value is -1.40. The van der Waals surface area contributed by atoms with E-state index in [1.807, 2.05) is 0 Å². The van der Waals surface area contributed by atoms with E-state index in [-0.39, 0.29) is 19.1 Å². The van der Waals surface area contributed by atoms with Crippen LogP contribution in [0.5, 0.6) is 0 Å². The Balaban J connectivity index is 2.76. The van der Waals surface area contributed by atoms with Crippen LogP contribution in [0.15, 0.2) is 12.3 Å². The molecule has 1 aromatic heterocycles. The first-order valence-electron chi connectivity index (χ1n) is 4.54. The zero-order valence-corrected chi connectivity index (χ0v) is 8.77. The van der Waals surface area contributed by atoms with Gasteiger partial charge in [-0.3, -0.25) is 9.48 Å². The molecule has 1 rings (SSSR count). The van der Waals surface area contributed by atoms with E-state index in [4.69, 9.17) is 10.2 Å². The van der Waals surface area contributed by atoms with Gasteiger partial charge >= 0.3 is 0 Å². The van der Waals surface area contributed by atoms with Gasteiger partial charge in [-0.05, 0) is 13.0 Å². The molecule has 0 saturated heterocycles. The zero-order chi connectivity index (χ0) is 11.5. The van der Waals surface area contributed by atoms with Crippen LogP contribution in [-0.4, -0.2) is 44.7 Å². The minimum absolute atomic E-state index is 0.326. The van der Waals surface area contributed by atoms with Crippen LogP contribution < -0.4 is 5.32 Å². The van der Waals surface area contributed by atoms with Crippen molar-refractivity contribution >= 4 is 5.91 Å². The number of aryl methyl sites for hydroxylation is 1. The molecule has 0 aromatic carbocycles. The molecule has 84 valence electrons. The molecule has 0 atom stereocenters. The molecule has 0 aliphatic heterocycles. The largest absolute Gasteiger partial charge is 0.394 e. The lowest BCUT2D eigenvalue weighted by molar-refractivity contribution is 0.0715. The van der Waals surface area contributed by atoms with Crippen molar-refractivity contribution in [2.45, 2.75) is 12.5 Å². The summed E-state index contributed by atoms with van der Waals surface area (Å²) in [6, 6.07) is 1.56. The van der Waals surface area contributed by atoms with Gasteiger partial charge in [-0.25, -0.2) is 0 Å². The van der Waals surface area contributed by atoms with E-state index in [1.165, 1.54) is 10.9 Å². The highest BCUT2D eigenvalue weighted by Crippen LogP contribution is 2.04. The quantitative estimate of drug-likeness (QED) is 0.592. The third-order valence-corrected chi connectivity index (χ3v) is 2.17. The van der Waals surface area contributed by atoms with Crippen molar-refractivity contribution in [2.24, 2.45) is 7.05 Å². The van der Waals surface area contributed by atoms with E-state index in [0.29, 0.717) is 5.69 Å². The summed E-state index contributed by atoms with van der Waals surface area (Å²) in [5.41, 5.74) is -0.635. The molecule has 1 amide bonds. The summed E-state index contributed by atoms with van der Waals surface area (Å²) in [5, 5.41) is 24.4. The van der Waals surface area contributed by atoms with Gasteiger partial charge in [-0.15, -0.1) is 0 Å². The van der Waals surface area contributed by atoms with E-state index < -0.39 is 5.54 Å². The van der Waals surface area contributed by atoms with Crippen molar-refractivity contribution in [1.82, 2.24) is 15.1 Å². The van der Waals surface area contributed by atoms with Gasteiger partial charge < -0.3 is 15.5 Å². The fourth-order valence-corrected chi connectivity index (χ4v) is 1.06. The fraction of sp³-hybridized carbons (Fsp3) is 0.556. The molecule has 3 N–H and O–H groups in total. The Bertz CT molecular complexity index is 344. The number of nitrogens with one attached hydrogen (secondary N) is 1. The van der Waals surface area contributed by atoms with Crippen LogP contribution in [0.25, 0.3) is 0 Å². The number of carbonyl (C=O) groups excluding carboxylic acids is 1. The number of hydrogen-bond acceptors (Lipinski definition) is 4. The van der Waals surface area contributed by atoms with E-state index in [1.54, 1.807) is 20.0 Å². The monoisotopic (exact) mass is 213 g/mol. The Morgan fingerprint density at radius 2 is 2.20 bits per heavy atom. The summed E-state index contributed by atoms with van der Waals surface area (Å²) in [6.45, 7) is 0.904. The molecule has 0 radical (unpaired) electrons. The molecule has 15 heavy (non-hydrogen) atoms. The lowest BCUT2D eigenvalue weighted by atomic mass is 10.1. The zero-order valence-electron chi connectivity index (χ0n) is 8.77. The Morgan fingerprint density at radius 3 is 2.60 bits per heavy atom. The second-order valence-electron chi connectivity index (χ2n) is 3.67. The normalized spacial score (nSPS) is 11.5. The van der Waals surface area contributed by atoms with Gasteiger partial charge in [0.1, 0.15) is 5.69 Å². The maximum atomic E-state index is 11.7. The lowest BCUT2D eigenvalue weighted by Crippen LogP contribution is -2.52. The van der Waals surface area contributed by atoms with Crippen LogP contribution in [0.4, 0.5) is 0 Å². The third kappa shape index (κ3) is 2.54. The number of amides is 1. The van der Waals surface area contributed by atoms with Crippen molar-refractivity contribution in [1.29, 1.82) is 0 Å². The summed E-state index contributed by atoms with van der Waals surface area (Å²) in [5.74, 6) is -0.374. The summed E-state index contributed by atoms with van der Waals surface area (Å²) in [6.07, 6.45) is 1.50. The van der Waals surface area contributed by atoms with Crippen LogP contribution in [-0.2, 0) is 7.05 Å². The highest BCUT2D eigenvalue weighted by atomic mass is 16.3. The molecule has 0 spiro atoms. The van der Waals surface area contributed by atoms with Gasteiger partial charge in [0.15, 0.2) is 0 Å². The molecule has 0 unspecified atom stereocenters. The maximum Gasteiger partial charge on any atom is 0.270 e. The number of nitrogens with zero attached hydrogens (tertiary/aromatic N) is 2. The topological polar surface area (TPSA) is 87.4 Å². The average molecular weight is 213 g/mol. The highest BCUT2D eigenvalue weighted by Gasteiger charge is 2.26. The number of aliphatic hydroxyl groups excluding tert-OH is 2. The number of rotatable bonds is 4. The summed E-state index contributed by atoms with van der Waals surface area (Å²) >= 11 is 0. The minimum atomic E-state index is -1.01. The van der Waals surface area contributed by atoms with Crippen molar-refractivity contribution in [3.05, 3.63) is 18.0 Å². The van der Waals surface area contributed by atoms with Crippen molar-refractivity contribution in [3.8, 4) is 0 Å². The average Bonchev–Trinajstić information content (AvgIpc) is 2.64. The smallest absolute Gasteiger partial charge is 0.270 e. The molecule has 0 aliphatic rings. The van der Waals surface area contributed by atoms with Crippen molar-refractivity contribution in [3.63, 3.8) is 0 Å². The second-order valence-corrected chi connectivity index (χ2v) is 3.67. The highest BCUT2D eigenvalue weighted by molar-refractivity contribution is 5.92. The fourth-order valence-electron chi connectivity index (χ4n) is 1.06. The van der Waals surface area contributed by atoms with Gasteiger partial charge in [-0.2, -0.15) is 5.10 Å². The molecule has 6 nitrogen and oxygen atoms in total. The van der Waals surface area contributed by atoms with Gasteiger partial charge in [0, 0.05) is 13.2 Å². The molecule has 0 bridgehead atoms. The molecular weight excluding hydrogens is 198 g/mol. The summed E-state index contributed by atoms with van der Waals surface area (Å²) in [4.78, 5) is 11.7. The van der Waals surface area contributed by atoms with Crippen LogP contribution >= 0.6 is 0 Å².